The van der Waals surface area contributed by atoms with E-state index < -0.39 is 12.1 Å². The van der Waals surface area contributed by atoms with Crippen molar-refractivity contribution >= 4 is 35.1 Å². The Labute approximate surface area is 194 Å². The fourth-order valence-electron chi connectivity index (χ4n) is 4.26. The molecule has 4 aromatic rings. The zero-order valence-corrected chi connectivity index (χ0v) is 18.5. The molecule has 34 heavy (non-hydrogen) atoms. The average molecular weight is 461 g/mol. The molecule has 0 unspecified atom stereocenters. The topological polar surface area (TPSA) is 149 Å². The fourth-order valence-corrected chi connectivity index (χ4v) is 4.26. The van der Waals surface area contributed by atoms with Crippen LogP contribution in [0, 0.1) is 0 Å². The smallest absolute Gasteiger partial charge is 0.248 e. The van der Waals surface area contributed by atoms with E-state index in [4.69, 9.17) is 4.98 Å². The molecule has 2 atom stereocenters. The SMILES string of the molecule is CC1(c2cc(Nc3nc(N4C[C@@H](O)C[C@H]4C(=O)Nc4cnccn4)nc4cccn34)n[nH]2)CC1. The minimum atomic E-state index is -0.686. The molecule has 5 heterocycles. The number of fused-ring (bicyclic) bond motifs is 1. The summed E-state index contributed by atoms with van der Waals surface area (Å²) in [6, 6.07) is 5.07. The van der Waals surface area contributed by atoms with Gasteiger partial charge in [-0.1, -0.05) is 6.92 Å². The monoisotopic (exact) mass is 460 g/mol. The molecule has 12 heteroatoms. The van der Waals surface area contributed by atoms with Crippen molar-refractivity contribution in [1.82, 2.24) is 34.5 Å². The summed E-state index contributed by atoms with van der Waals surface area (Å²) < 4.78 is 1.82. The van der Waals surface area contributed by atoms with Crippen molar-refractivity contribution in [3.05, 3.63) is 48.7 Å². The van der Waals surface area contributed by atoms with Crippen LogP contribution in [0.25, 0.3) is 5.65 Å². The second kappa shape index (κ2) is 7.76. The van der Waals surface area contributed by atoms with Crippen molar-refractivity contribution in [2.45, 2.75) is 43.7 Å². The first-order chi connectivity index (χ1) is 16.5. The zero-order valence-electron chi connectivity index (χ0n) is 18.5. The summed E-state index contributed by atoms with van der Waals surface area (Å²) in [4.78, 5) is 32.1. The summed E-state index contributed by atoms with van der Waals surface area (Å²) in [5.74, 6) is 1.55. The predicted molar refractivity (Wildman–Crippen MR) is 124 cm³/mol. The predicted octanol–water partition coefficient (Wildman–Crippen LogP) is 1.62. The minimum absolute atomic E-state index is 0.169. The standard InChI is InChI=1S/C22H24N10O2/c1-22(4-5-22)15-10-16(30-29-15)26-20-28-21(27-18-3-2-8-31(18)20)32-12-13(33)9-14(32)19(34)25-17-11-23-6-7-24-17/h2-3,6-8,10-11,13-14,33H,4-5,9,12H2,1H3,(H,24,25,34)(H2,26,27,28,29,30)/t13-,14-/m0/s1. The molecular weight excluding hydrogens is 436 g/mol. The van der Waals surface area contributed by atoms with E-state index in [0.717, 1.165) is 18.5 Å². The van der Waals surface area contributed by atoms with Crippen LogP contribution in [-0.2, 0) is 10.2 Å². The third-order valence-corrected chi connectivity index (χ3v) is 6.50. The Bertz CT molecular complexity index is 1350. The van der Waals surface area contributed by atoms with Crippen molar-refractivity contribution in [2.75, 3.05) is 22.1 Å². The lowest BCUT2D eigenvalue weighted by molar-refractivity contribution is -0.117. The lowest BCUT2D eigenvalue weighted by Gasteiger charge is -2.24. The van der Waals surface area contributed by atoms with Crippen LogP contribution < -0.4 is 15.5 Å². The molecular formula is C22H24N10O2. The van der Waals surface area contributed by atoms with Crippen LogP contribution in [0.15, 0.2) is 43.0 Å². The van der Waals surface area contributed by atoms with E-state index in [2.05, 4.69) is 42.7 Å². The quantitative estimate of drug-likeness (QED) is 0.337. The van der Waals surface area contributed by atoms with Gasteiger partial charge in [-0.15, -0.1) is 0 Å². The highest BCUT2D eigenvalue weighted by molar-refractivity contribution is 5.96. The maximum Gasteiger partial charge on any atom is 0.248 e. The molecule has 0 spiro atoms. The number of amides is 1. The van der Waals surface area contributed by atoms with Gasteiger partial charge in [-0.05, 0) is 25.0 Å². The van der Waals surface area contributed by atoms with Crippen LogP contribution in [0.5, 0.6) is 0 Å². The Kier molecular flexibility index (Phi) is 4.69. The van der Waals surface area contributed by atoms with Crippen molar-refractivity contribution in [3.8, 4) is 0 Å². The van der Waals surface area contributed by atoms with Gasteiger partial charge in [-0.25, -0.2) is 4.98 Å². The first-order valence-corrected chi connectivity index (χ1v) is 11.2. The number of rotatable bonds is 6. The van der Waals surface area contributed by atoms with Gasteiger partial charge in [0.1, 0.15) is 11.7 Å². The molecule has 0 radical (unpaired) electrons. The molecule has 174 valence electrons. The molecule has 2 fully saturated rings. The summed E-state index contributed by atoms with van der Waals surface area (Å²) in [6.07, 6.45) is 8.21. The van der Waals surface area contributed by atoms with E-state index in [1.807, 2.05) is 28.8 Å². The van der Waals surface area contributed by atoms with E-state index in [-0.39, 0.29) is 24.3 Å². The van der Waals surface area contributed by atoms with Gasteiger partial charge < -0.3 is 20.6 Å². The first-order valence-electron chi connectivity index (χ1n) is 11.2. The normalized spacial score (nSPS) is 21.1. The highest BCUT2D eigenvalue weighted by Gasteiger charge is 2.41. The summed E-state index contributed by atoms with van der Waals surface area (Å²) >= 11 is 0. The highest BCUT2D eigenvalue weighted by Crippen LogP contribution is 2.47. The van der Waals surface area contributed by atoms with Gasteiger partial charge in [0.2, 0.25) is 17.8 Å². The van der Waals surface area contributed by atoms with Gasteiger partial charge >= 0.3 is 0 Å². The first kappa shape index (κ1) is 20.5. The third kappa shape index (κ3) is 3.71. The molecule has 1 aliphatic heterocycles. The third-order valence-electron chi connectivity index (χ3n) is 6.50. The van der Waals surface area contributed by atoms with Gasteiger partial charge in [-0.3, -0.25) is 19.3 Å². The number of hydrogen-bond acceptors (Lipinski definition) is 9. The number of carbonyl (C=O) groups is 1. The van der Waals surface area contributed by atoms with Gasteiger partial charge in [0.25, 0.3) is 0 Å². The summed E-state index contributed by atoms with van der Waals surface area (Å²) in [7, 11) is 0. The number of aliphatic hydroxyl groups excluding tert-OH is 1. The summed E-state index contributed by atoms with van der Waals surface area (Å²) in [6.45, 7) is 2.45. The molecule has 12 nitrogen and oxygen atoms in total. The maximum atomic E-state index is 13.0. The summed E-state index contributed by atoms with van der Waals surface area (Å²) in [5.41, 5.74) is 1.92. The van der Waals surface area contributed by atoms with Gasteiger partial charge in [0, 0.05) is 48.7 Å². The minimum Gasteiger partial charge on any atom is -0.391 e. The number of aromatic amines is 1. The second-order valence-corrected chi connectivity index (χ2v) is 9.07. The molecule has 1 saturated carbocycles. The van der Waals surface area contributed by atoms with Crippen LogP contribution in [0.4, 0.5) is 23.5 Å². The number of H-pyrrole nitrogens is 1. The maximum absolute atomic E-state index is 13.0. The number of anilines is 4. The van der Waals surface area contributed by atoms with E-state index >= 15 is 0 Å². The molecule has 2 aliphatic rings. The van der Waals surface area contributed by atoms with Crippen LogP contribution in [0.2, 0.25) is 0 Å². The van der Waals surface area contributed by atoms with Crippen molar-refractivity contribution in [3.63, 3.8) is 0 Å². The number of hydrogen-bond donors (Lipinski definition) is 4. The Balaban J connectivity index is 1.30. The zero-order chi connectivity index (χ0) is 23.3. The molecule has 1 amide bonds. The number of nitrogens with one attached hydrogen (secondary N) is 3. The van der Waals surface area contributed by atoms with E-state index in [1.165, 1.54) is 18.6 Å². The van der Waals surface area contributed by atoms with Crippen molar-refractivity contribution < 1.29 is 9.90 Å². The van der Waals surface area contributed by atoms with Crippen LogP contribution in [0.1, 0.15) is 31.9 Å². The van der Waals surface area contributed by atoms with Crippen LogP contribution in [-0.4, -0.2) is 64.2 Å². The van der Waals surface area contributed by atoms with E-state index in [0.29, 0.717) is 29.2 Å². The van der Waals surface area contributed by atoms with Crippen molar-refractivity contribution in [1.29, 1.82) is 0 Å². The fraction of sp³-hybridized carbons (Fsp3) is 0.364. The van der Waals surface area contributed by atoms with Crippen LogP contribution >= 0.6 is 0 Å². The lowest BCUT2D eigenvalue weighted by atomic mass is 10.1. The Morgan fingerprint density at radius 2 is 2.15 bits per heavy atom. The lowest BCUT2D eigenvalue weighted by Crippen LogP contribution is -2.41. The van der Waals surface area contributed by atoms with E-state index in [9.17, 15) is 9.90 Å². The molecule has 1 saturated heterocycles. The number of carbonyl (C=O) groups excluding carboxylic acids is 1. The molecule has 6 rings (SSSR count). The molecule has 0 aromatic carbocycles. The largest absolute Gasteiger partial charge is 0.391 e. The number of nitrogens with zero attached hydrogens (tertiary/aromatic N) is 7. The average Bonchev–Trinajstić information content (AvgIpc) is 3.23. The van der Waals surface area contributed by atoms with Gasteiger partial charge in [-0.2, -0.15) is 15.1 Å². The van der Waals surface area contributed by atoms with E-state index in [1.54, 1.807) is 4.90 Å². The van der Waals surface area contributed by atoms with Gasteiger partial charge in [0.05, 0.1) is 12.3 Å². The Morgan fingerprint density at radius 3 is 2.94 bits per heavy atom. The molecule has 0 bridgehead atoms. The van der Waals surface area contributed by atoms with Crippen LogP contribution in [0.3, 0.4) is 0 Å². The van der Waals surface area contributed by atoms with Crippen molar-refractivity contribution in [2.24, 2.45) is 0 Å². The Hall–Kier alpha value is -4.06. The molecule has 4 aromatic heterocycles. The molecule has 4 N–H and O–H groups in total. The summed E-state index contributed by atoms with van der Waals surface area (Å²) in [5, 5.41) is 23.9. The second-order valence-electron chi connectivity index (χ2n) is 9.07. The number of aromatic nitrogens is 7. The Morgan fingerprint density at radius 1 is 1.26 bits per heavy atom. The molecule has 1 aliphatic carbocycles. The number of aliphatic hydroxyl groups is 1. The van der Waals surface area contributed by atoms with Gasteiger partial charge in [0.15, 0.2) is 11.6 Å². The highest BCUT2D eigenvalue weighted by atomic mass is 16.3. The number of β-amino-alcohol motifs (C(OH)–C–C–N with tert-alkyl or cyclic N) is 1.